The number of hydrogen-bond acceptors (Lipinski definition) is 7. The van der Waals surface area contributed by atoms with Gasteiger partial charge in [0.05, 0.1) is 35.9 Å². The maximum Gasteiger partial charge on any atom is 0.256 e. The monoisotopic (exact) mass is 565 g/mol. The van der Waals surface area contributed by atoms with Crippen LogP contribution in [0.4, 0.5) is 4.39 Å². The second-order valence-electron chi connectivity index (χ2n) is 12.8. The van der Waals surface area contributed by atoms with E-state index in [0.717, 1.165) is 58.7 Å². The predicted octanol–water partition coefficient (Wildman–Crippen LogP) is 2.02. The van der Waals surface area contributed by atoms with Crippen molar-refractivity contribution in [2.45, 2.75) is 100 Å². The number of alkyl halides is 2. The maximum absolute atomic E-state index is 16.2. The molecule has 8 nitrogen and oxygen atoms in total. The molecule has 10 heteroatoms. The van der Waals surface area contributed by atoms with Crippen molar-refractivity contribution in [3.8, 4) is 0 Å². The Bertz CT molecular complexity index is 953. The van der Waals surface area contributed by atoms with Crippen molar-refractivity contribution in [3.05, 3.63) is 11.8 Å². The highest BCUT2D eigenvalue weighted by Gasteiger charge is 2.60. The molecule has 0 radical (unpaired) electrons. The van der Waals surface area contributed by atoms with Crippen LogP contribution in [0.15, 0.2) is 11.8 Å². The summed E-state index contributed by atoms with van der Waals surface area (Å²) < 4.78 is 22.9. The molecule has 1 N–H and O–H groups in total. The zero-order valence-electron chi connectivity index (χ0n) is 23.4. The Morgan fingerprint density at radius 1 is 1.10 bits per heavy atom. The summed E-state index contributed by atoms with van der Waals surface area (Å²) in [6, 6.07) is -0.113. The lowest BCUT2D eigenvalue weighted by molar-refractivity contribution is -0.212. The average Bonchev–Trinajstić information content (AvgIpc) is 3.43. The molecule has 0 aromatic heterocycles. The van der Waals surface area contributed by atoms with Crippen molar-refractivity contribution in [3.63, 3.8) is 0 Å². The predicted molar refractivity (Wildman–Crippen MR) is 148 cm³/mol. The van der Waals surface area contributed by atoms with Crippen molar-refractivity contribution in [2.75, 3.05) is 52.4 Å². The molecule has 0 spiro atoms. The van der Waals surface area contributed by atoms with Crippen molar-refractivity contribution < 1.29 is 18.7 Å². The average molecular weight is 566 g/mol. The second kappa shape index (κ2) is 11.6. The molecule has 0 aromatic carbocycles. The molecule has 2 aliphatic carbocycles. The second-order valence-corrected chi connectivity index (χ2v) is 13.4. The van der Waals surface area contributed by atoms with Gasteiger partial charge in [-0.2, -0.15) is 0 Å². The van der Waals surface area contributed by atoms with Crippen LogP contribution in [-0.2, 0) is 14.3 Å². The first-order chi connectivity index (χ1) is 18.8. The van der Waals surface area contributed by atoms with Crippen LogP contribution in [0, 0.1) is 5.92 Å². The first kappa shape index (κ1) is 27.9. The van der Waals surface area contributed by atoms with Gasteiger partial charge in [-0.05, 0) is 65.5 Å². The van der Waals surface area contributed by atoms with Gasteiger partial charge in [-0.15, -0.1) is 11.6 Å². The minimum absolute atomic E-state index is 0.0279. The molecule has 1 amide bonds. The van der Waals surface area contributed by atoms with Gasteiger partial charge >= 0.3 is 0 Å². The number of carbonyl (C=O) groups is 2. The van der Waals surface area contributed by atoms with E-state index in [1.807, 2.05) is 6.20 Å². The zero-order chi connectivity index (χ0) is 27.3. The van der Waals surface area contributed by atoms with Gasteiger partial charge in [0.25, 0.3) is 5.91 Å². The lowest BCUT2D eigenvalue weighted by Gasteiger charge is -2.61. The molecule has 2 saturated carbocycles. The number of rotatable bonds is 6. The molecule has 0 bridgehead atoms. The Labute approximate surface area is 237 Å². The molecule has 6 aliphatic rings. The maximum atomic E-state index is 16.2. The minimum atomic E-state index is -1.18. The lowest BCUT2D eigenvalue weighted by atomic mass is 9.69. The van der Waals surface area contributed by atoms with E-state index in [9.17, 15) is 9.59 Å². The molecule has 4 heterocycles. The quantitative estimate of drug-likeness (QED) is 0.390. The minimum Gasteiger partial charge on any atom is -0.369 e. The topological polar surface area (TPSA) is 68.4 Å². The summed E-state index contributed by atoms with van der Waals surface area (Å²) in [5.74, 6) is -1.12. The Kier molecular flexibility index (Phi) is 8.26. The largest absolute Gasteiger partial charge is 0.369 e. The molecule has 5 fully saturated rings. The van der Waals surface area contributed by atoms with Crippen molar-refractivity contribution in [2.24, 2.45) is 5.92 Å². The standard InChI is InChI=1S/C29H45ClFN5O3/c1-18(2)34-11-13-35(14-12-34)26-22(31)16-20-25-28(26)39-24-15-19(30)5-6-23(24)36(25)17-21(27(20)37)29(38)32-7-10-33-8-3-4-9-33/h17-20,22-26,28H,3-16H2,1-2H3,(H,32,38). The van der Waals surface area contributed by atoms with Gasteiger partial charge in [0.15, 0.2) is 5.78 Å². The van der Waals surface area contributed by atoms with E-state index < -0.39 is 24.2 Å². The molecule has 6 rings (SSSR count). The number of ether oxygens (including phenoxy) is 1. The van der Waals surface area contributed by atoms with E-state index in [0.29, 0.717) is 19.0 Å². The van der Waals surface area contributed by atoms with Crippen LogP contribution in [0.1, 0.15) is 52.4 Å². The highest BCUT2D eigenvalue weighted by atomic mass is 35.5. The van der Waals surface area contributed by atoms with E-state index in [-0.39, 0.29) is 47.2 Å². The number of carbonyl (C=O) groups excluding carboxylic acids is 2. The number of piperazine rings is 1. The third kappa shape index (κ3) is 5.39. The van der Waals surface area contributed by atoms with Crippen LogP contribution < -0.4 is 5.32 Å². The molecule has 0 aromatic rings. The summed E-state index contributed by atoms with van der Waals surface area (Å²) in [6.45, 7) is 11.2. The molecule has 4 aliphatic heterocycles. The van der Waals surface area contributed by atoms with Gasteiger partial charge in [-0.25, -0.2) is 4.39 Å². The van der Waals surface area contributed by atoms with Crippen molar-refractivity contribution in [1.29, 1.82) is 0 Å². The number of nitrogens with one attached hydrogen (secondary N) is 1. The molecule has 3 saturated heterocycles. The lowest BCUT2D eigenvalue weighted by Crippen LogP contribution is -2.74. The first-order valence-corrected chi connectivity index (χ1v) is 15.7. The van der Waals surface area contributed by atoms with Gasteiger partial charge in [0.1, 0.15) is 6.17 Å². The SMILES string of the molecule is CC(C)N1CCN(C2C(F)CC3C(=O)C(C(=O)NCCN4CCCC4)=CN4C5CCC(Cl)CC5OC2C34)CC1. The summed E-state index contributed by atoms with van der Waals surface area (Å²) in [5.41, 5.74) is 0.182. The Morgan fingerprint density at radius 3 is 2.56 bits per heavy atom. The highest BCUT2D eigenvalue weighted by Crippen LogP contribution is 2.47. The van der Waals surface area contributed by atoms with E-state index in [4.69, 9.17) is 16.3 Å². The fraction of sp³-hybridized carbons (Fsp3) is 0.862. The van der Waals surface area contributed by atoms with Crippen molar-refractivity contribution >= 4 is 23.3 Å². The summed E-state index contributed by atoms with van der Waals surface area (Å²) in [6.07, 6.45) is 5.04. The van der Waals surface area contributed by atoms with E-state index in [1.54, 1.807) is 0 Å². The number of Topliss-reactive ketones (excluding diaryl/α,β-unsaturated/α-hetero) is 1. The number of morpholine rings is 1. The van der Waals surface area contributed by atoms with Crippen LogP contribution in [-0.4, -0.2) is 132 Å². The van der Waals surface area contributed by atoms with Gasteiger partial charge in [0.2, 0.25) is 0 Å². The van der Waals surface area contributed by atoms with E-state index in [1.165, 1.54) is 12.8 Å². The highest BCUT2D eigenvalue weighted by molar-refractivity contribution is 6.21. The number of likely N-dealkylation sites (tertiary alicyclic amines) is 1. The van der Waals surface area contributed by atoms with Crippen LogP contribution in [0.2, 0.25) is 0 Å². The summed E-state index contributed by atoms with van der Waals surface area (Å²) >= 11 is 6.59. The normalized spacial score (nSPS) is 39.9. The van der Waals surface area contributed by atoms with Crippen molar-refractivity contribution in [1.82, 2.24) is 24.9 Å². The molecule has 8 atom stereocenters. The molecular formula is C29H45ClFN5O3. The fourth-order valence-corrected chi connectivity index (χ4v) is 8.42. The number of ketones is 1. The van der Waals surface area contributed by atoms with E-state index >= 15 is 4.39 Å². The van der Waals surface area contributed by atoms with Crippen LogP contribution in [0.5, 0.6) is 0 Å². The Hall–Kier alpha value is -1.26. The Morgan fingerprint density at radius 2 is 1.85 bits per heavy atom. The number of fused-ring (bicyclic) bond motifs is 2. The third-order valence-corrected chi connectivity index (χ3v) is 10.6. The Balaban J connectivity index is 1.25. The zero-order valence-corrected chi connectivity index (χ0v) is 24.2. The van der Waals surface area contributed by atoms with Crippen LogP contribution in [0.25, 0.3) is 0 Å². The molecule has 39 heavy (non-hydrogen) atoms. The molecule has 218 valence electrons. The fourth-order valence-electron chi connectivity index (χ4n) is 8.12. The summed E-state index contributed by atoms with van der Waals surface area (Å²) in [7, 11) is 0. The smallest absolute Gasteiger partial charge is 0.256 e. The first-order valence-electron chi connectivity index (χ1n) is 15.3. The summed E-state index contributed by atoms with van der Waals surface area (Å²) in [5, 5.41) is 3.02. The third-order valence-electron chi connectivity index (χ3n) is 10.2. The molecular weight excluding hydrogens is 521 g/mol. The van der Waals surface area contributed by atoms with Crippen LogP contribution in [0.3, 0.4) is 0 Å². The van der Waals surface area contributed by atoms with E-state index in [2.05, 4.69) is 38.8 Å². The van der Waals surface area contributed by atoms with Gasteiger partial charge < -0.3 is 19.9 Å². The summed E-state index contributed by atoms with van der Waals surface area (Å²) in [4.78, 5) is 36.4. The molecule has 8 unspecified atom stereocenters. The van der Waals surface area contributed by atoms with Gasteiger partial charge in [0, 0.05) is 62.8 Å². The van der Waals surface area contributed by atoms with Gasteiger partial charge in [-0.1, -0.05) is 0 Å². The number of nitrogens with zero attached hydrogens (tertiary/aromatic N) is 4. The van der Waals surface area contributed by atoms with Gasteiger partial charge in [-0.3, -0.25) is 19.4 Å². The van der Waals surface area contributed by atoms with Crippen LogP contribution >= 0.6 is 11.6 Å². The number of hydrogen-bond donors (Lipinski definition) is 1. The number of halogens is 2. The number of amides is 1.